The van der Waals surface area contributed by atoms with Crippen molar-refractivity contribution >= 4 is 11.8 Å². The van der Waals surface area contributed by atoms with Crippen LogP contribution >= 0.6 is 0 Å². The summed E-state index contributed by atoms with van der Waals surface area (Å²) >= 11 is 0. The van der Waals surface area contributed by atoms with Crippen LogP contribution in [0.1, 0.15) is 28.8 Å². The van der Waals surface area contributed by atoms with E-state index in [2.05, 4.69) is 4.98 Å². The number of carbonyl (C=O) groups is 1. The fourth-order valence-corrected chi connectivity index (χ4v) is 2.23. The lowest BCUT2D eigenvalue weighted by molar-refractivity contribution is 0.0521. The summed E-state index contributed by atoms with van der Waals surface area (Å²) in [5.41, 5.74) is 8.00. The number of aryl methyl sites for hydroxylation is 2. The first kappa shape index (κ1) is 14.9. The van der Waals surface area contributed by atoms with E-state index >= 15 is 0 Å². The van der Waals surface area contributed by atoms with Crippen LogP contribution in [0.25, 0.3) is 5.69 Å². The van der Waals surface area contributed by atoms with Gasteiger partial charge in [-0.1, -0.05) is 0 Å². The standard InChI is InChI=1S/C15H19N3O3/c1-5-21-15(19)13-14(16)18(10(3)17-13)11-6-7-12(20-4)9(2)8-11/h6-8H,5,16H2,1-4H3. The van der Waals surface area contributed by atoms with Gasteiger partial charge in [0, 0.05) is 5.69 Å². The van der Waals surface area contributed by atoms with Gasteiger partial charge in [0.15, 0.2) is 5.69 Å². The quantitative estimate of drug-likeness (QED) is 0.873. The summed E-state index contributed by atoms with van der Waals surface area (Å²) in [5.74, 6) is 1.18. The van der Waals surface area contributed by atoms with Gasteiger partial charge in [-0.15, -0.1) is 0 Å². The van der Waals surface area contributed by atoms with Gasteiger partial charge in [0.1, 0.15) is 17.4 Å². The van der Waals surface area contributed by atoms with E-state index < -0.39 is 5.97 Å². The fraction of sp³-hybridized carbons (Fsp3) is 0.333. The van der Waals surface area contributed by atoms with Gasteiger partial charge in [-0.3, -0.25) is 4.57 Å². The summed E-state index contributed by atoms with van der Waals surface area (Å²) in [6.45, 7) is 5.76. The zero-order chi connectivity index (χ0) is 15.6. The summed E-state index contributed by atoms with van der Waals surface area (Å²) in [6, 6.07) is 5.65. The average Bonchev–Trinajstić information content (AvgIpc) is 2.74. The Morgan fingerprint density at radius 2 is 2.10 bits per heavy atom. The van der Waals surface area contributed by atoms with E-state index in [0.717, 1.165) is 17.0 Å². The third-order valence-corrected chi connectivity index (χ3v) is 3.19. The third-order valence-electron chi connectivity index (χ3n) is 3.19. The van der Waals surface area contributed by atoms with Gasteiger partial charge >= 0.3 is 5.97 Å². The van der Waals surface area contributed by atoms with E-state index in [0.29, 0.717) is 5.82 Å². The first-order chi connectivity index (χ1) is 9.99. The number of nitrogens with two attached hydrogens (primary N) is 1. The highest BCUT2D eigenvalue weighted by molar-refractivity contribution is 5.92. The maximum absolute atomic E-state index is 11.8. The molecule has 0 saturated heterocycles. The summed E-state index contributed by atoms with van der Waals surface area (Å²) in [4.78, 5) is 16.0. The molecule has 0 atom stereocenters. The van der Waals surface area contributed by atoms with Crippen LogP contribution in [0.15, 0.2) is 18.2 Å². The molecule has 6 nitrogen and oxygen atoms in total. The molecule has 1 heterocycles. The molecule has 0 saturated carbocycles. The Hall–Kier alpha value is -2.50. The lowest BCUT2D eigenvalue weighted by atomic mass is 10.2. The van der Waals surface area contributed by atoms with Crippen molar-refractivity contribution in [2.45, 2.75) is 20.8 Å². The molecule has 2 N–H and O–H groups in total. The average molecular weight is 289 g/mol. The Bertz CT molecular complexity index is 677. The van der Waals surface area contributed by atoms with Gasteiger partial charge in [-0.25, -0.2) is 9.78 Å². The van der Waals surface area contributed by atoms with Gasteiger partial charge in [0.25, 0.3) is 0 Å². The molecule has 0 bridgehead atoms. The second-order valence-electron chi connectivity index (χ2n) is 4.60. The molecular weight excluding hydrogens is 270 g/mol. The van der Waals surface area contributed by atoms with Crippen molar-refractivity contribution in [2.75, 3.05) is 19.5 Å². The van der Waals surface area contributed by atoms with Crippen molar-refractivity contribution in [3.8, 4) is 11.4 Å². The number of rotatable bonds is 4. The fourth-order valence-electron chi connectivity index (χ4n) is 2.23. The molecule has 21 heavy (non-hydrogen) atoms. The molecule has 2 aromatic rings. The van der Waals surface area contributed by atoms with Crippen LogP contribution in [0.2, 0.25) is 0 Å². The van der Waals surface area contributed by atoms with Crippen LogP contribution in [0.3, 0.4) is 0 Å². The SMILES string of the molecule is CCOC(=O)c1nc(C)n(-c2ccc(OC)c(C)c2)c1N. The molecule has 6 heteroatoms. The first-order valence-corrected chi connectivity index (χ1v) is 6.66. The van der Waals surface area contributed by atoms with Crippen molar-refractivity contribution < 1.29 is 14.3 Å². The lowest BCUT2D eigenvalue weighted by Crippen LogP contribution is -2.09. The van der Waals surface area contributed by atoms with Crippen LogP contribution < -0.4 is 10.5 Å². The number of nitrogen functional groups attached to an aromatic ring is 1. The summed E-state index contributed by atoms with van der Waals surface area (Å²) in [7, 11) is 1.62. The summed E-state index contributed by atoms with van der Waals surface area (Å²) < 4.78 is 11.9. The highest BCUT2D eigenvalue weighted by atomic mass is 16.5. The zero-order valence-electron chi connectivity index (χ0n) is 12.6. The second-order valence-corrected chi connectivity index (χ2v) is 4.60. The van der Waals surface area contributed by atoms with Gasteiger partial charge in [0.05, 0.1) is 13.7 Å². The van der Waals surface area contributed by atoms with Crippen molar-refractivity contribution in [1.82, 2.24) is 9.55 Å². The molecular formula is C15H19N3O3. The molecule has 112 valence electrons. The van der Waals surface area contributed by atoms with Gasteiger partial charge in [-0.2, -0.15) is 0 Å². The number of nitrogens with zero attached hydrogens (tertiary/aromatic N) is 2. The van der Waals surface area contributed by atoms with Crippen LogP contribution in [0.5, 0.6) is 5.75 Å². The maximum Gasteiger partial charge on any atom is 0.360 e. The monoisotopic (exact) mass is 289 g/mol. The number of imidazole rings is 1. The lowest BCUT2D eigenvalue weighted by Gasteiger charge is -2.11. The minimum atomic E-state index is -0.512. The molecule has 0 radical (unpaired) electrons. The minimum Gasteiger partial charge on any atom is -0.496 e. The van der Waals surface area contributed by atoms with E-state index in [1.807, 2.05) is 25.1 Å². The summed E-state index contributed by atoms with van der Waals surface area (Å²) in [6.07, 6.45) is 0. The van der Waals surface area contributed by atoms with E-state index in [1.54, 1.807) is 25.5 Å². The Kier molecular flexibility index (Phi) is 4.16. The van der Waals surface area contributed by atoms with Crippen LogP contribution in [0.4, 0.5) is 5.82 Å². The number of hydrogen-bond acceptors (Lipinski definition) is 5. The molecule has 0 fully saturated rings. The smallest absolute Gasteiger partial charge is 0.360 e. The van der Waals surface area contributed by atoms with Crippen molar-refractivity contribution in [1.29, 1.82) is 0 Å². The van der Waals surface area contributed by atoms with Crippen LogP contribution in [-0.4, -0.2) is 29.2 Å². The molecule has 0 aliphatic heterocycles. The molecule has 2 rings (SSSR count). The first-order valence-electron chi connectivity index (χ1n) is 6.66. The molecule has 1 aromatic heterocycles. The second kappa shape index (κ2) is 5.87. The molecule has 0 unspecified atom stereocenters. The number of methoxy groups -OCH3 is 1. The Balaban J connectivity index is 2.50. The number of ether oxygens (including phenoxy) is 2. The topological polar surface area (TPSA) is 79.4 Å². The molecule has 0 spiro atoms. The summed E-state index contributed by atoms with van der Waals surface area (Å²) in [5, 5.41) is 0. The maximum atomic E-state index is 11.8. The Labute approximate surface area is 123 Å². The molecule has 0 aliphatic rings. The Morgan fingerprint density at radius 3 is 2.67 bits per heavy atom. The molecule has 0 amide bonds. The van der Waals surface area contributed by atoms with Gasteiger partial charge in [0.2, 0.25) is 0 Å². The number of carbonyl (C=O) groups excluding carboxylic acids is 1. The zero-order valence-corrected chi connectivity index (χ0v) is 12.6. The number of aromatic nitrogens is 2. The predicted octanol–water partition coefficient (Wildman–Crippen LogP) is 2.26. The normalized spacial score (nSPS) is 10.5. The van der Waals surface area contributed by atoms with Crippen molar-refractivity contribution in [3.05, 3.63) is 35.3 Å². The van der Waals surface area contributed by atoms with Gasteiger partial charge < -0.3 is 15.2 Å². The number of esters is 1. The Morgan fingerprint density at radius 1 is 1.38 bits per heavy atom. The largest absolute Gasteiger partial charge is 0.496 e. The predicted molar refractivity (Wildman–Crippen MR) is 80.0 cm³/mol. The highest BCUT2D eigenvalue weighted by Gasteiger charge is 2.20. The van der Waals surface area contributed by atoms with Crippen LogP contribution in [-0.2, 0) is 4.74 Å². The molecule has 0 aliphatic carbocycles. The number of benzene rings is 1. The van der Waals surface area contributed by atoms with E-state index in [1.165, 1.54) is 0 Å². The highest BCUT2D eigenvalue weighted by Crippen LogP contribution is 2.25. The van der Waals surface area contributed by atoms with E-state index in [4.69, 9.17) is 15.2 Å². The third kappa shape index (κ3) is 2.69. The van der Waals surface area contributed by atoms with E-state index in [-0.39, 0.29) is 18.1 Å². The van der Waals surface area contributed by atoms with Crippen LogP contribution in [0, 0.1) is 13.8 Å². The number of anilines is 1. The number of hydrogen-bond donors (Lipinski definition) is 1. The minimum absolute atomic E-state index is 0.142. The van der Waals surface area contributed by atoms with Crippen molar-refractivity contribution in [2.24, 2.45) is 0 Å². The van der Waals surface area contributed by atoms with Crippen molar-refractivity contribution in [3.63, 3.8) is 0 Å². The van der Waals surface area contributed by atoms with E-state index in [9.17, 15) is 4.79 Å². The molecule has 1 aromatic carbocycles. The van der Waals surface area contributed by atoms with Gasteiger partial charge in [-0.05, 0) is 44.5 Å².